The summed E-state index contributed by atoms with van der Waals surface area (Å²) in [5, 5.41) is 5.09. The first kappa shape index (κ1) is 22.3. The highest BCUT2D eigenvalue weighted by atomic mass is 32.1. The summed E-state index contributed by atoms with van der Waals surface area (Å²) >= 11 is 5.85. The number of hydrogen-bond donors (Lipinski definition) is 2. The molecule has 1 aliphatic rings. The number of rotatable bonds is 5. The maximum Gasteiger partial charge on any atom is 0.253 e. The van der Waals surface area contributed by atoms with Crippen molar-refractivity contribution in [3.05, 3.63) is 69.5 Å². The fourth-order valence-electron chi connectivity index (χ4n) is 4.66. The van der Waals surface area contributed by atoms with Gasteiger partial charge in [-0.05, 0) is 86.3 Å². The largest absolute Gasteiger partial charge is 0.497 e. The van der Waals surface area contributed by atoms with Gasteiger partial charge < -0.3 is 19.9 Å². The third kappa shape index (κ3) is 4.96. The molecule has 1 saturated carbocycles. The Kier molecular flexibility index (Phi) is 6.80. The Balaban J connectivity index is 1.63. The highest BCUT2D eigenvalue weighted by Gasteiger charge is 2.24. The predicted octanol–water partition coefficient (Wildman–Crippen LogP) is 5.69. The summed E-state index contributed by atoms with van der Waals surface area (Å²) in [6.07, 6.45) is 5.83. The van der Waals surface area contributed by atoms with Crippen molar-refractivity contribution in [3.63, 3.8) is 0 Å². The van der Waals surface area contributed by atoms with Gasteiger partial charge in [0, 0.05) is 17.3 Å². The van der Waals surface area contributed by atoms with E-state index in [0.717, 1.165) is 46.3 Å². The van der Waals surface area contributed by atoms with Crippen LogP contribution in [0.2, 0.25) is 0 Å². The van der Waals surface area contributed by atoms with Crippen LogP contribution in [0.1, 0.15) is 48.8 Å². The zero-order valence-electron chi connectivity index (χ0n) is 19.0. The summed E-state index contributed by atoms with van der Waals surface area (Å²) in [6.45, 7) is 4.61. The summed E-state index contributed by atoms with van der Waals surface area (Å²) in [7, 11) is 1.65. The first-order valence-electron chi connectivity index (χ1n) is 11.3. The molecule has 0 atom stereocenters. The Morgan fingerprint density at radius 1 is 1.12 bits per heavy atom. The number of nitrogens with zero attached hydrogens (tertiary/aromatic N) is 1. The van der Waals surface area contributed by atoms with Crippen LogP contribution in [-0.4, -0.2) is 28.1 Å². The number of anilines is 1. The van der Waals surface area contributed by atoms with Crippen LogP contribution in [0.5, 0.6) is 5.75 Å². The molecule has 1 aromatic heterocycles. The minimum atomic E-state index is -0.0440. The molecule has 1 heterocycles. The number of nitrogens with one attached hydrogen (secondary N) is 2. The van der Waals surface area contributed by atoms with E-state index in [2.05, 4.69) is 34.3 Å². The lowest BCUT2D eigenvalue weighted by molar-refractivity contribution is 0.240. The molecule has 32 heavy (non-hydrogen) atoms. The van der Waals surface area contributed by atoms with Crippen molar-refractivity contribution in [1.29, 1.82) is 0 Å². The molecule has 0 aliphatic heterocycles. The van der Waals surface area contributed by atoms with Crippen LogP contribution in [0.4, 0.5) is 5.69 Å². The van der Waals surface area contributed by atoms with Crippen molar-refractivity contribution in [1.82, 2.24) is 9.88 Å². The van der Waals surface area contributed by atoms with Crippen molar-refractivity contribution in [3.8, 4) is 5.75 Å². The van der Waals surface area contributed by atoms with Crippen LogP contribution in [0.15, 0.2) is 47.3 Å². The van der Waals surface area contributed by atoms with Gasteiger partial charge in [-0.15, -0.1) is 0 Å². The van der Waals surface area contributed by atoms with Gasteiger partial charge in [-0.3, -0.25) is 4.79 Å². The van der Waals surface area contributed by atoms with Gasteiger partial charge in [0.15, 0.2) is 5.11 Å². The molecule has 1 fully saturated rings. The van der Waals surface area contributed by atoms with Crippen LogP contribution >= 0.6 is 12.2 Å². The minimum absolute atomic E-state index is 0.0440. The molecule has 1 aliphatic carbocycles. The Labute approximate surface area is 194 Å². The first-order valence-corrected chi connectivity index (χ1v) is 11.7. The molecule has 0 bridgehead atoms. The maximum atomic E-state index is 13.0. The van der Waals surface area contributed by atoms with Gasteiger partial charge in [-0.25, -0.2) is 0 Å². The molecule has 0 amide bonds. The fraction of sp³-hybridized carbons (Fsp3) is 0.385. The number of aryl methyl sites for hydroxylation is 2. The number of H-pyrrole nitrogens is 1. The van der Waals surface area contributed by atoms with E-state index in [4.69, 9.17) is 17.0 Å². The summed E-state index contributed by atoms with van der Waals surface area (Å²) in [5.41, 5.74) is 4.80. The van der Waals surface area contributed by atoms with Crippen LogP contribution in [0, 0.1) is 13.8 Å². The topological polar surface area (TPSA) is 57.4 Å². The second kappa shape index (κ2) is 9.74. The molecule has 0 radical (unpaired) electrons. The van der Waals surface area contributed by atoms with E-state index in [1.807, 2.05) is 37.3 Å². The van der Waals surface area contributed by atoms with Crippen molar-refractivity contribution < 1.29 is 4.74 Å². The molecule has 0 unspecified atom stereocenters. The van der Waals surface area contributed by atoms with Crippen molar-refractivity contribution in [2.45, 2.75) is 58.5 Å². The third-order valence-corrected chi connectivity index (χ3v) is 6.67. The minimum Gasteiger partial charge on any atom is -0.497 e. The summed E-state index contributed by atoms with van der Waals surface area (Å²) < 4.78 is 5.25. The average Bonchev–Trinajstić information content (AvgIpc) is 2.79. The van der Waals surface area contributed by atoms with E-state index in [-0.39, 0.29) is 5.56 Å². The number of methoxy groups -OCH3 is 1. The Hall–Kier alpha value is -2.86. The lowest BCUT2D eigenvalue weighted by Crippen LogP contribution is -2.44. The quantitative estimate of drug-likeness (QED) is 0.491. The lowest BCUT2D eigenvalue weighted by Gasteiger charge is -2.36. The van der Waals surface area contributed by atoms with E-state index in [1.54, 1.807) is 7.11 Å². The summed E-state index contributed by atoms with van der Waals surface area (Å²) in [6, 6.07) is 14.3. The van der Waals surface area contributed by atoms with E-state index < -0.39 is 0 Å². The smallest absolute Gasteiger partial charge is 0.253 e. The molecule has 3 aromatic rings. The van der Waals surface area contributed by atoms with Crippen molar-refractivity contribution >= 4 is 33.9 Å². The fourth-order valence-corrected chi connectivity index (χ4v) is 4.99. The van der Waals surface area contributed by atoms with E-state index in [9.17, 15) is 4.79 Å². The number of fused-ring (bicyclic) bond motifs is 1. The Morgan fingerprint density at radius 3 is 2.53 bits per heavy atom. The molecule has 5 nitrogen and oxygen atoms in total. The zero-order chi connectivity index (χ0) is 22.7. The van der Waals surface area contributed by atoms with Gasteiger partial charge in [0.2, 0.25) is 0 Å². The molecule has 6 heteroatoms. The second-order valence-corrected chi connectivity index (χ2v) is 9.13. The van der Waals surface area contributed by atoms with Crippen molar-refractivity contribution in [2.24, 2.45) is 0 Å². The maximum absolute atomic E-state index is 13.0. The van der Waals surface area contributed by atoms with E-state index >= 15 is 0 Å². The molecule has 2 N–H and O–H groups in total. The third-order valence-electron chi connectivity index (χ3n) is 6.33. The van der Waals surface area contributed by atoms with Gasteiger partial charge in [-0.2, -0.15) is 0 Å². The lowest BCUT2D eigenvalue weighted by atomic mass is 9.94. The molecule has 0 spiro atoms. The molecular formula is C26H31N3O2S. The van der Waals surface area contributed by atoms with Gasteiger partial charge in [0.05, 0.1) is 19.2 Å². The molecule has 4 rings (SSSR count). The first-order chi connectivity index (χ1) is 15.4. The van der Waals surface area contributed by atoms with Gasteiger partial charge in [0.1, 0.15) is 5.75 Å². The van der Waals surface area contributed by atoms with Crippen LogP contribution in [0.3, 0.4) is 0 Å². The van der Waals surface area contributed by atoms with E-state index in [1.165, 1.54) is 24.8 Å². The number of aromatic nitrogens is 1. The van der Waals surface area contributed by atoms with Crippen LogP contribution < -0.4 is 15.6 Å². The predicted molar refractivity (Wildman–Crippen MR) is 136 cm³/mol. The van der Waals surface area contributed by atoms with Gasteiger partial charge in [-0.1, -0.05) is 30.9 Å². The van der Waals surface area contributed by atoms with Crippen LogP contribution in [-0.2, 0) is 6.54 Å². The molecule has 168 valence electrons. The number of ether oxygens (including phenoxy) is 1. The second-order valence-electron chi connectivity index (χ2n) is 8.75. The van der Waals surface area contributed by atoms with E-state index in [0.29, 0.717) is 17.7 Å². The monoisotopic (exact) mass is 449 g/mol. The highest BCUT2D eigenvalue weighted by Crippen LogP contribution is 2.26. The van der Waals surface area contributed by atoms with Crippen molar-refractivity contribution in [2.75, 3.05) is 12.4 Å². The number of pyridine rings is 1. The zero-order valence-corrected chi connectivity index (χ0v) is 19.8. The number of aromatic amines is 1. The Bertz CT molecular complexity index is 1160. The van der Waals surface area contributed by atoms with Crippen LogP contribution in [0.25, 0.3) is 10.9 Å². The number of hydrogen-bond acceptors (Lipinski definition) is 3. The van der Waals surface area contributed by atoms with Gasteiger partial charge in [0.25, 0.3) is 5.56 Å². The molecular weight excluding hydrogens is 418 g/mol. The normalized spacial score (nSPS) is 14.3. The summed E-state index contributed by atoms with van der Waals surface area (Å²) in [4.78, 5) is 18.3. The SMILES string of the molecule is COc1ccc(NC(=S)N(Cc2cc3cc(C)cc(C)c3[nH]c2=O)C2CCCCC2)cc1. The number of thiocarbonyl (C=S) groups is 1. The standard InChI is InChI=1S/C26H31N3O2S/c1-17-13-18(2)24-19(14-17)15-20(25(30)28-24)16-29(22-7-5-4-6-8-22)26(32)27-21-9-11-23(31-3)12-10-21/h9-15,22H,4-8,16H2,1-3H3,(H,27,32)(H,28,30). The number of benzene rings is 2. The highest BCUT2D eigenvalue weighted by molar-refractivity contribution is 7.80. The van der Waals surface area contributed by atoms with Gasteiger partial charge >= 0.3 is 0 Å². The molecule has 0 saturated heterocycles. The average molecular weight is 450 g/mol. The molecule has 2 aromatic carbocycles. The summed E-state index contributed by atoms with van der Waals surface area (Å²) in [5.74, 6) is 0.805. The Morgan fingerprint density at radius 2 is 1.84 bits per heavy atom.